The number of nitrogens with zero attached hydrogens (tertiary/aromatic N) is 3. The number of nitroso groups, excluding NO2 is 1. The number of aryl methyl sites for hydroxylation is 2. The van der Waals surface area contributed by atoms with Crippen LogP contribution in [0.2, 0.25) is 0 Å². The number of imidazole rings is 1. The van der Waals surface area contributed by atoms with Crippen molar-refractivity contribution in [1.82, 2.24) is 15.3 Å². The molecule has 0 radical (unpaired) electrons. The van der Waals surface area contributed by atoms with E-state index in [1.807, 2.05) is 0 Å². The zero-order valence-electron chi connectivity index (χ0n) is 13.6. The molecule has 23 heavy (non-hydrogen) atoms. The predicted molar refractivity (Wildman–Crippen MR) is 84.8 cm³/mol. The lowest BCUT2D eigenvalue weighted by Gasteiger charge is -2.10. The summed E-state index contributed by atoms with van der Waals surface area (Å²) in [7, 11) is 0. The van der Waals surface area contributed by atoms with Gasteiger partial charge in [-0.05, 0) is 32.4 Å². The van der Waals surface area contributed by atoms with Crippen LogP contribution in [-0.2, 0) is 0 Å². The third kappa shape index (κ3) is 4.97. The number of nitro groups is 1. The van der Waals surface area contributed by atoms with Crippen molar-refractivity contribution in [2.45, 2.75) is 46.2 Å². The van der Waals surface area contributed by atoms with Crippen LogP contribution in [-0.4, -0.2) is 39.4 Å². The van der Waals surface area contributed by atoms with Gasteiger partial charge in [0.05, 0.1) is 0 Å². The van der Waals surface area contributed by atoms with Crippen molar-refractivity contribution in [2.75, 3.05) is 6.54 Å². The first kappa shape index (κ1) is 18.5. The molecular formula is C14H21N5O4. The standard InChI is InChI=1S/C14H21N5O4/c1-5-12(19(22)23)8(2)6-11(18-21)7-15-14(20)13-9(3)16-10(4)17-13/h6,11-12H,5,7H2,1-4H3,(H,15,20)(H,16,17). The molecule has 2 N–H and O–H groups in total. The lowest BCUT2D eigenvalue weighted by Crippen LogP contribution is -2.31. The Hall–Kier alpha value is -2.58. The fourth-order valence-electron chi connectivity index (χ4n) is 2.29. The van der Waals surface area contributed by atoms with Crippen LogP contribution < -0.4 is 5.32 Å². The van der Waals surface area contributed by atoms with E-state index in [9.17, 15) is 19.8 Å². The average molecular weight is 323 g/mol. The first-order chi connectivity index (χ1) is 10.8. The first-order valence-electron chi connectivity index (χ1n) is 7.25. The fraction of sp³-hybridized carbons (Fsp3) is 0.571. The first-order valence-corrected chi connectivity index (χ1v) is 7.25. The molecule has 2 atom stereocenters. The average Bonchev–Trinajstić information content (AvgIpc) is 2.82. The molecule has 0 aliphatic carbocycles. The zero-order valence-corrected chi connectivity index (χ0v) is 13.6. The van der Waals surface area contributed by atoms with Crippen LogP contribution in [0, 0.1) is 28.9 Å². The second-order valence-corrected chi connectivity index (χ2v) is 5.30. The van der Waals surface area contributed by atoms with Crippen LogP contribution in [0.1, 0.15) is 42.3 Å². The van der Waals surface area contributed by atoms with E-state index in [2.05, 4.69) is 20.5 Å². The molecule has 0 bridgehead atoms. The molecular weight excluding hydrogens is 302 g/mol. The van der Waals surface area contributed by atoms with Gasteiger partial charge in [-0.1, -0.05) is 12.1 Å². The van der Waals surface area contributed by atoms with Crippen molar-refractivity contribution >= 4 is 5.91 Å². The second kappa shape index (κ2) is 8.16. The normalized spacial score (nSPS) is 14.2. The fourth-order valence-corrected chi connectivity index (χ4v) is 2.29. The number of H-pyrrole nitrogens is 1. The molecule has 9 heteroatoms. The molecule has 126 valence electrons. The van der Waals surface area contributed by atoms with Gasteiger partial charge in [0.15, 0.2) is 0 Å². The Morgan fingerprint density at radius 3 is 2.61 bits per heavy atom. The number of aromatic amines is 1. The minimum Gasteiger partial charge on any atom is -0.348 e. The predicted octanol–water partition coefficient (Wildman–Crippen LogP) is 1.89. The van der Waals surface area contributed by atoms with Gasteiger partial charge in [0, 0.05) is 23.6 Å². The number of hydrogen-bond donors (Lipinski definition) is 2. The Bertz CT molecular complexity index is 623. The van der Waals surface area contributed by atoms with E-state index in [0.29, 0.717) is 23.5 Å². The number of rotatable bonds is 8. The molecule has 0 saturated heterocycles. The summed E-state index contributed by atoms with van der Waals surface area (Å²) in [6.07, 6.45) is 1.74. The lowest BCUT2D eigenvalue weighted by molar-refractivity contribution is -0.512. The molecule has 0 aromatic carbocycles. The Morgan fingerprint density at radius 2 is 2.17 bits per heavy atom. The quantitative estimate of drug-likeness (QED) is 0.326. The summed E-state index contributed by atoms with van der Waals surface area (Å²) < 4.78 is 0. The highest BCUT2D eigenvalue weighted by Gasteiger charge is 2.22. The molecule has 0 fully saturated rings. The molecule has 0 spiro atoms. The molecule has 1 rings (SSSR count). The maximum absolute atomic E-state index is 12.0. The summed E-state index contributed by atoms with van der Waals surface area (Å²) >= 11 is 0. The van der Waals surface area contributed by atoms with Crippen molar-refractivity contribution in [3.63, 3.8) is 0 Å². The third-order valence-corrected chi connectivity index (χ3v) is 3.45. The van der Waals surface area contributed by atoms with E-state index in [-0.39, 0.29) is 12.2 Å². The van der Waals surface area contributed by atoms with Crippen LogP contribution in [0.15, 0.2) is 16.8 Å². The topological polar surface area (TPSA) is 130 Å². The number of carbonyl (C=O) groups excluding carboxylic acids is 1. The second-order valence-electron chi connectivity index (χ2n) is 5.30. The zero-order chi connectivity index (χ0) is 17.6. The van der Waals surface area contributed by atoms with E-state index in [0.717, 1.165) is 0 Å². The van der Waals surface area contributed by atoms with Crippen LogP contribution in [0.25, 0.3) is 0 Å². The summed E-state index contributed by atoms with van der Waals surface area (Å²) in [6.45, 7) is 6.68. The van der Waals surface area contributed by atoms with Gasteiger partial charge >= 0.3 is 0 Å². The minimum absolute atomic E-state index is 0.0425. The summed E-state index contributed by atoms with van der Waals surface area (Å²) in [5, 5.41) is 16.4. The van der Waals surface area contributed by atoms with Crippen LogP contribution in [0.4, 0.5) is 0 Å². The minimum atomic E-state index is -0.867. The summed E-state index contributed by atoms with van der Waals surface area (Å²) in [4.78, 5) is 40.4. The van der Waals surface area contributed by atoms with Gasteiger partial charge in [0.1, 0.15) is 17.6 Å². The number of carbonyl (C=O) groups is 1. The molecule has 1 aromatic heterocycles. The molecule has 0 aliphatic heterocycles. The van der Waals surface area contributed by atoms with Gasteiger partial charge in [0.25, 0.3) is 5.91 Å². The van der Waals surface area contributed by atoms with Gasteiger partial charge in [0.2, 0.25) is 6.04 Å². The molecule has 0 aliphatic rings. The van der Waals surface area contributed by atoms with E-state index in [1.54, 1.807) is 27.7 Å². The van der Waals surface area contributed by atoms with Crippen LogP contribution in [0.5, 0.6) is 0 Å². The molecule has 1 heterocycles. The molecule has 0 saturated carbocycles. The van der Waals surface area contributed by atoms with Crippen molar-refractivity contribution in [1.29, 1.82) is 0 Å². The van der Waals surface area contributed by atoms with Crippen molar-refractivity contribution < 1.29 is 9.72 Å². The largest absolute Gasteiger partial charge is 0.348 e. The van der Waals surface area contributed by atoms with Crippen molar-refractivity contribution in [3.8, 4) is 0 Å². The third-order valence-electron chi connectivity index (χ3n) is 3.45. The van der Waals surface area contributed by atoms with Crippen LogP contribution in [0.3, 0.4) is 0 Å². The number of amides is 1. The van der Waals surface area contributed by atoms with Gasteiger partial charge < -0.3 is 10.3 Å². The van der Waals surface area contributed by atoms with E-state index in [1.165, 1.54) is 6.08 Å². The monoisotopic (exact) mass is 323 g/mol. The van der Waals surface area contributed by atoms with E-state index >= 15 is 0 Å². The number of nitrogens with one attached hydrogen (secondary N) is 2. The number of aromatic nitrogens is 2. The van der Waals surface area contributed by atoms with Gasteiger partial charge in [-0.3, -0.25) is 14.9 Å². The van der Waals surface area contributed by atoms with Gasteiger partial charge in [-0.15, -0.1) is 0 Å². The molecule has 1 aromatic rings. The molecule has 1 amide bonds. The summed E-state index contributed by atoms with van der Waals surface area (Å²) in [5.41, 5.74) is 1.33. The van der Waals surface area contributed by atoms with Gasteiger partial charge in [-0.25, -0.2) is 4.98 Å². The highest BCUT2D eigenvalue weighted by molar-refractivity contribution is 5.93. The highest BCUT2D eigenvalue weighted by Crippen LogP contribution is 2.11. The van der Waals surface area contributed by atoms with Crippen molar-refractivity contribution in [2.24, 2.45) is 5.18 Å². The highest BCUT2D eigenvalue weighted by atomic mass is 16.6. The SMILES string of the molecule is CCC(C(C)=CC(CNC(=O)c1nc(C)[nH]c1C)N=O)[N+](=O)[O-]. The maximum atomic E-state index is 12.0. The van der Waals surface area contributed by atoms with E-state index in [4.69, 9.17) is 0 Å². The summed E-state index contributed by atoms with van der Waals surface area (Å²) in [5.74, 6) is 0.193. The smallest absolute Gasteiger partial charge is 0.271 e. The maximum Gasteiger partial charge on any atom is 0.271 e. The van der Waals surface area contributed by atoms with Crippen LogP contribution >= 0.6 is 0 Å². The molecule has 2 unspecified atom stereocenters. The Balaban J connectivity index is 2.73. The lowest BCUT2D eigenvalue weighted by atomic mass is 10.0. The summed E-state index contributed by atoms with van der Waals surface area (Å²) in [6, 6.07) is -1.72. The van der Waals surface area contributed by atoms with Crippen molar-refractivity contribution in [3.05, 3.63) is 43.9 Å². The Labute approximate surface area is 133 Å². The van der Waals surface area contributed by atoms with E-state index < -0.39 is 22.9 Å². The Morgan fingerprint density at radius 1 is 1.52 bits per heavy atom. The number of hydrogen-bond acceptors (Lipinski definition) is 6. The molecule has 9 nitrogen and oxygen atoms in total. The Kier molecular flexibility index (Phi) is 6.55. The van der Waals surface area contributed by atoms with Gasteiger partial charge in [-0.2, -0.15) is 4.91 Å².